The quantitative estimate of drug-likeness (QED) is 0.414. The van der Waals surface area contributed by atoms with E-state index in [1.54, 1.807) is 18.4 Å². The first kappa shape index (κ1) is 26.4. The van der Waals surface area contributed by atoms with Crippen molar-refractivity contribution in [3.8, 4) is 11.5 Å². The van der Waals surface area contributed by atoms with Gasteiger partial charge in [0.15, 0.2) is 16.3 Å². The van der Waals surface area contributed by atoms with Gasteiger partial charge in [-0.15, -0.1) is 0 Å². The van der Waals surface area contributed by atoms with E-state index in [0.717, 1.165) is 16.7 Å². The van der Waals surface area contributed by atoms with Gasteiger partial charge in [0, 0.05) is 0 Å². The number of hydrogen-bond donors (Lipinski definition) is 0. The van der Waals surface area contributed by atoms with Gasteiger partial charge < -0.3 is 14.2 Å². The Labute approximate surface area is 220 Å². The molecule has 194 valence electrons. The Morgan fingerprint density at radius 2 is 1.81 bits per heavy atom. The highest BCUT2D eigenvalue weighted by Crippen LogP contribution is 2.31. The monoisotopic (exact) mass is 520 g/mol. The zero-order chi connectivity index (χ0) is 26.7. The third kappa shape index (κ3) is 5.54. The lowest BCUT2D eigenvalue weighted by Crippen LogP contribution is -2.39. The van der Waals surface area contributed by atoms with Crippen LogP contribution in [0.15, 0.2) is 63.5 Å². The van der Waals surface area contributed by atoms with Crippen LogP contribution in [0.4, 0.5) is 0 Å². The number of thiazole rings is 1. The van der Waals surface area contributed by atoms with Gasteiger partial charge in [0.2, 0.25) is 0 Å². The van der Waals surface area contributed by atoms with E-state index in [-0.39, 0.29) is 18.3 Å². The number of rotatable bonds is 8. The van der Waals surface area contributed by atoms with E-state index in [1.165, 1.54) is 11.3 Å². The van der Waals surface area contributed by atoms with Gasteiger partial charge in [0.05, 0.1) is 41.2 Å². The zero-order valence-electron chi connectivity index (χ0n) is 22.0. The molecule has 1 aliphatic heterocycles. The molecule has 0 radical (unpaired) electrons. The Bertz CT molecular complexity index is 1510. The van der Waals surface area contributed by atoms with Crippen molar-refractivity contribution in [3.63, 3.8) is 0 Å². The third-order valence-corrected chi connectivity index (χ3v) is 6.82. The average Bonchev–Trinajstić information content (AvgIpc) is 3.14. The Hall–Kier alpha value is -3.65. The van der Waals surface area contributed by atoms with Crippen LogP contribution in [0.25, 0.3) is 6.08 Å². The minimum atomic E-state index is -0.626. The number of nitrogens with zero attached hydrogens (tertiary/aromatic N) is 2. The van der Waals surface area contributed by atoms with Crippen LogP contribution in [0, 0.1) is 6.92 Å². The molecular formula is C29H32N2O5S. The van der Waals surface area contributed by atoms with Gasteiger partial charge in [-0.3, -0.25) is 9.36 Å². The Kier molecular flexibility index (Phi) is 7.97. The molecule has 37 heavy (non-hydrogen) atoms. The fourth-order valence-electron chi connectivity index (χ4n) is 4.24. The predicted octanol–water partition coefficient (Wildman–Crippen LogP) is 4.29. The van der Waals surface area contributed by atoms with E-state index in [4.69, 9.17) is 14.2 Å². The summed E-state index contributed by atoms with van der Waals surface area (Å²) in [6.45, 7) is 12.1. The van der Waals surface area contributed by atoms with E-state index >= 15 is 0 Å². The first-order valence-corrected chi connectivity index (χ1v) is 13.2. The van der Waals surface area contributed by atoms with Gasteiger partial charge in [-0.1, -0.05) is 47.2 Å². The molecule has 0 amide bonds. The van der Waals surface area contributed by atoms with Gasteiger partial charge in [-0.25, -0.2) is 9.79 Å². The van der Waals surface area contributed by atoms with Crippen molar-refractivity contribution in [2.45, 2.75) is 53.7 Å². The second-order valence-corrected chi connectivity index (χ2v) is 10.0. The standard InChI is InChI=1S/C29H32N2O5S/c1-7-34-23-15-20(11-14-22(23)36-17(3)4)16-24-27(32)31-26(21-12-9-18(5)10-13-21)25(28(33)35-8-2)19(6)30-29(31)37-24/h9-17,26H,7-8H2,1-6H3/b24-16-/t26-/m1/s1. The van der Waals surface area contributed by atoms with Crippen LogP contribution in [0.3, 0.4) is 0 Å². The number of carbonyl (C=O) groups is 1. The summed E-state index contributed by atoms with van der Waals surface area (Å²) < 4.78 is 19.1. The van der Waals surface area contributed by atoms with Crippen molar-refractivity contribution in [2.75, 3.05) is 13.2 Å². The van der Waals surface area contributed by atoms with E-state index in [1.807, 2.05) is 76.2 Å². The SMILES string of the molecule is CCOC(=O)C1=C(C)N=c2s/c(=C\c3ccc(OC(C)C)c(OCC)c3)c(=O)n2[C@@H]1c1ccc(C)cc1. The van der Waals surface area contributed by atoms with Crippen molar-refractivity contribution in [3.05, 3.63) is 90.1 Å². The van der Waals surface area contributed by atoms with E-state index in [0.29, 0.717) is 38.7 Å². The molecule has 1 aliphatic rings. The number of benzene rings is 2. The van der Waals surface area contributed by atoms with Crippen molar-refractivity contribution in [1.82, 2.24) is 4.57 Å². The van der Waals surface area contributed by atoms with Crippen molar-refractivity contribution >= 4 is 23.4 Å². The van der Waals surface area contributed by atoms with Gasteiger partial charge in [0.1, 0.15) is 0 Å². The molecule has 0 spiro atoms. The van der Waals surface area contributed by atoms with Gasteiger partial charge in [0.25, 0.3) is 5.56 Å². The predicted molar refractivity (Wildman–Crippen MR) is 145 cm³/mol. The number of esters is 1. The zero-order valence-corrected chi connectivity index (χ0v) is 22.8. The Morgan fingerprint density at radius 1 is 1.08 bits per heavy atom. The van der Waals surface area contributed by atoms with Crippen LogP contribution in [0.5, 0.6) is 11.5 Å². The molecule has 1 aromatic heterocycles. The van der Waals surface area contributed by atoms with Crippen LogP contribution in [0.1, 0.15) is 57.4 Å². The highest BCUT2D eigenvalue weighted by molar-refractivity contribution is 7.07. The maximum Gasteiger partial charge on any atom is 0.338 e. The van der Waals surface area contributed by atoms with E-state index in [2.05, 4.69) is 4.99 Å². The van der Waals surface area contributed by atoms with Gasteiger partial charge in [-0.05, 0) is 70.9 Å². The second-order valence-electron chi connectivity index (χ2n) is 9.02. The third-order valence-electron chi connectivity index (χ3n) is 5.84. The summed E-state index contributed by atoms with van der Waals surface area (Å²) in [5, 5.41) is 0. The molecule has 7 nitrogen and oxygen atoms in total. The van der Waals surface area contributed by atoms with Gasteiger partial charge in [-0.2, -0.15) is 0 Å². The lowest BCUT2D eigenvalue weighted by molar-refractivity contribution is -0.139. The summed E-state index contributed by atoms with van der Waals surface area (Å²) in [7, 11) is 0. The van der Waals surface area contributed by atoms with Crippen molar-refractivity contribution < 1.29 is 19.0 Å². The Balaban J connectivity index is 1.87. The number of hydrogen-bond acceptors (Lipinski definition) is 7. The molecule has 8 heteroatoms. The van der Waals surface area contributed by atoms with Crippen LogP contribution in [-0.4, -0.2) is 29.9 Å². The van der Waals surface area contributed by atoms with Crippen molar-refractivity contribution in [1.29, 1.82) is 0 Å². The minimum Gasteiger partial charge on any atom is -0.490 e. The average molecular weight is 521 g/mol. The summed E-state index contributed by atoms with van der Waals surface area (Å²) in [6, 6.07) is 12.8. The van der Waals surface area contributed by atoms with E-state index < -0.39 is 12.0 Å². The fraction of sp³-hybridized carbons (Fsp3) is 0.345. The number of carbonyl (C=O) groups excluding carboxylic acids is 1. The first-order chi connectivity index (χ1) is 17.7. The van der Waals surface area contributed by atoms with Crippen LogP contribution >= 0.6 is 11.3 Å². The summed E-state index contributed by atoms with van der Waals surface area (Å²) in [4.78, 5) is 32.0. The summed E-state index contributed by atoms with van der Waals surface area (Å²) in [5.41, 5.74) is 3.42. The second kappa shape index (κ2) is 11.2. The number of ether oxygens (including phenoxy) is 3. The lowest BCUT2D eigenvalue weighted by Gasteiger charge is -2.24. The molecule has 2 aromatic carbocycles. The summed E-state index contributed by atoms with van der Waals surface area (Å²) >= 11 is 1.29. The minimum absolute atomic E-state index is 0.00681. The molecular weight excluding hydrogens is 488 g/mol. The van der Waals surface area contributed by atoms with E-state index in [9.17, 15) is 9.59 Å². The molecule has 3 aromatic rings. The number of allylic oxidation sites excluding steroid dienone is 1. The molecule has 0 fully saturated rings. The highest BCUT2D eigenvalue weighted by Gasteiger charge is 2.33. The normalized spacial score (nSPS) is 15.4. The van der Waals surface area contributed by atoms with Gasteiger partial charge >= 0.3 is 5.97 Å². The summed E-state index contributed by atoms with van der Waals surface area (Å²) in [5.74, 6) is 0.811. The van der Waals surface area contributed by atoms with Crippen LogP contribution < -0.4 is 24.4 Å². The molecule has 0 unspecified atom stereocenters. The topological polar surface area (TPSA) is 79.1 Å². The molecule has 0 N–H and O–H groups in total. The first-order valence-electron chi connectivity index (χ1n) is 12.4. The molecule has 0 aliphatic carbocycles. The molecule has 0 saturated carbocycles. The summed E-state index contributed by atoms with van der Waals surface area (Å²) in [6.07, 6.45) is 1.83. The highest BCUT2D eigenvalue weighted by atomic mass is 32.1. The number of aryl methyl sites for hydroxylation is 1. The molecule has 1 atom stereocenters. The largest absolute Gasteiger partial charge is 0.490 e. The Morgan fingerprint density at radius 3 is 2.46 bits per heavy atom. The smallest absolute Gasteiger partial charge is 0.338 e. The lowest BCUT2D eigenvalue weighted by atomic mass is 9.95. The number of aromatic nitrogens is 1. The fourth-order valence-corrected chi connectivity index (χ4v) is 5.29. The molecule has 0 saturated heterocycles. The van der Waals surface area contributed by atoms with Crippen LogP contribution in [-0.2, 0) is 9.53 Å². The maximum absolute atomic E-state index is 13.8. The maximum atomic E-state index is 13.8. The number of fused-ring (bicyclic) bond motifs is 1. The molecule has 2 heterocycles. The van der Waals surface area contributed by atoms with Crippen molar-refractivity contribution in [2.24, 2.45) is 4.99 Å². The van der Waals surface area contributed by atoms with Crippen LogP contribution in [0.2, 0.25) is 0 Å². The molecule has 4 rings (SSSR count). The molecule has 0 bridgehead atoms.